The minimum atomic E-state index is 0.152. The molecule has 4 rings (SSSR count). The van der Waals surface area contributed by atoms with Crippen molar-refractivity contribution < 1.29 is 0 Å². The normalized spacial score (nSPS) is 13.8. The van der Waals surface area contributed by atoms with Crippen LogP contribution >= 0.6 is 15.9 Å². The van der Waals surface area contributed by atoms with E-state index in [1.807, 2.05) is 0 Å². The Bertz CT molecular complexity index is 1090. The van der Waals surface area contributed by atoms with Gasteiger partial charge in [0.15, 0.2) is 0 Å². The average Bonchev–Trinajstić information content (AvgIpc) is 3.12. The zero-order valence-electron chi connectivity index (χ0n) is 22.4. The smallest absolute Gasteiger partial charge is 0.0215 e. The van der Waals surface area contributed by atoms with Crippen molar-refractivity contribution >= 4 is 26.7 Å². The Morgan fingerprint density at radius 2 is 1.20 bits per heavy atom. The van der Waals surface area contributed by atoms with E-state index >= 15 is 0 Å². The minimum Gasteiger partial charge on any atom is -0.0654 e. The van der Waals surface area contributed by atoms with Crippen LogP contribution in [0.25, 0.3) is 21.9 Å². The molecule has 3 aromatic rings. The Labute approximate surface area is 223 Å². The van der Waals surface area contributed by atoms with Crippen molar-refractivity contribution in [2.24, 2.45) is 0 Å². The molecule has 0 N–H and O–H groups in total. The molecule has 1 aliphatic rings. The van der Waals surface area contributed by atoms with E-state index in [9.17, 15) is 0 Å². The van der Waals surface area contributed by atoms with Crippen molar-refractivity contribution in [3.8, 4) is 11.1 Å². The molecular formula is C34H45Br. The first-order chi connectivity index (χ1) is 17.1. The van der Waals surface area contributed by atoms with Gasteiger partial charge in [-0.25, -0.2) is 0 Å². The highest BCUT2D eigenvalue weighted by Crippen LogP contribution is 2.57. The molecule has 0 amide bonds. The standard InChI is InChI=1S/C34H45Br/c1-4-6-8-10-12-16-22-34(23-17-13-11-9-7-5-2)31-25-27(35)20-21-30(31)33-29-19-15-14-18-28(29)26(3)24-32(33)34/h14-15,18-21,24-25H,4-13,16-17,22-23H2,1-3H3. The lowest BCUT2D eigenvalue weighted by Gasteiger charge is -2.33. The van der Waals surface area contributed by atoms with E-state index < -0.39 is 0 Å². The highest BCUT2D eigenvalue weighted by Gasteiger charge is 2.43. The first-order valence-corrected chi connectivity index (χ1v) is 15.2. The third-order valence-corrected chi connectivity index (χ3v) is 8.94. The first kappa shape index (κ1) is 26.5. The van der Waals surface area contributed by atoms with Crippen molar-refractivity contribution in [1.82, 2.24) is 0 Å². The van der Waals surface area contributed by atoms with Gasteiger partial charge in [0.25, 0.3) is 0 Å². The van der Waals surface area contributed by atoms with Crippen molar-refractivity contribution in [3.05, 3.63) is 69.7 Å². The number of unbranched alkanes of at least 4 members (excludes halogenated alkanes) is 10. The zero-order valence-corrected chi connectivity index (χ0v) is 24.0. The van der Waals surface area contributed by atoms with Crippen molar-refractivity contribution in [2.75, 3.05) is 0 Å². The summed E-state index contributed by atoms with van der Waals surface area (Å²) in [5.74, 6) is 0. The van der Waals surface area contributed by atoms with Gasteiger partial charge < -0.3 is 0 Å². The van der Waals surface area contributed by atoms with E-state index in [0.717, 1.165) is 0 Å². The molecule has 35 heavy (non-hydrogen) atoms. The fraction of sp³-hybridized carbons (Fsp3) is 0.529. The Balaban J connectivity index is 1.73. The molecular weight excluding hydrogens is 488 g/mol. The molecule has 1 heteroatoms. The number of rotatable bonds is 14. The van der Waals surface area contributed by atoms with Crippen LogP contribution in [0.5, 0.6) is 0 Å². The van der Waals surface area contributed by atoms with Crippen LogP contribution in [0.4, 0.5) is 0 Å². The van der Waals surface area contributed by atoms with Crippen LogP contribution in [0, 0.1) is 6.92 Å². The number of fused-ring (bicyclic) bond motifs is 5. The maximum absolute atomic E-state index is 3.85. The molecule has 188 valence electrons. The molecule has 0 unspecified atom stereocenters. The summed E-state index contributed by atoms with van der Waals surface area (Å²) in [7, 11) is 0. The van der Waals surface area contributed by atoms with Gasteiger partial charge in [-0.15, -0.1) is 0 Å². The van der Waals surface area contributed by atoms with E-state index in [1.54, 1.807) is 11.1 Å². The van der Waals surface area contributed by atoms with E-state index in [4.69, 9.17) is 0 Å². The Morgan fingerprint density at radius 3 is 1.83 bits per heavy atom. The van der Waals surface area contributed by atoms with Crippen LogP contribution in [0.3, 0.4) is 0 Å². The number of aryl methyl sites for hydroxylation is 1. The van der Waals surface area contributed by atoms with Gasteiger partial charge >= 0.3 is 0 Å². The number of hydrogen-bond acceptors (Lipinski definition) is 0. The molecule has 0 radical (unpaired) electrons. The monoisotopic (exact) mass is 532 g/mol. The predicted molar refractivity (Wildman–Crippen MR) is 159 cm³/mol. The first-order valence-electron chi connectivity index (χ1n) is 14.5. The van der Waals surface area contributed by atoms with Gasteiger partial charge in [-0.1, -0.05) is 143 Å². The SMILES string of the molecule is CCCCCCCCC1(CCCCCCCC)c2cc(Br)ccc2-c2c1cc(C)c1ccccc21. The zero-order chi connectivity index (χ0) is 24.7. The van der Waals surface area contributed by atoms with Crippen LogP contribution in [-0.4, -0.2) is 0 Å². The molecule has 0 atom stereocenters. The fourth-order valence-corrected chi connectivity index (χ4v) is 6.94. The van der Waals surface area contributed by atoms with Crippen LogP contribution in [0.15, 0.2) is 53.0 Å². The minimum absolute atomic E-state index is 0.152. The van der Waals surface area contributed by atoms with E-state index in [-0.39, 0.29) is 5.41 Å². The second kappa shape index (κ2) is 12.6. The van der Waals surface area contributed by atoms with Crippen molar-refractivity contribution in [1.29, 1.82) is 0 Å². The van der Waals surface area contributed by atoms with Gasteiger partial charge in [0.2, 0.25) is 0 Å². The maximum Gasteiger partial charge on any atom is 0.0215 e. The van der Waals surface area contributed by atoms with Gasteiger partial charge in [-0.3, -0.25) is 0 Å². The van der Waals surface area contributed by atoms with Gasteiger partial charge in [0, 0.05) is 9.89 Å². The summed E-state index contributed by atoms with van der Waals surface area (Å²) in [4.78, 5) is 0. The molecule has 0 aromatic heterocycles. The number of hydrogen-bond donors (Lipinski definition) is 0. The molecule has 0 saturated carbocycles. The van der Waals surface area contributed by atoms with Crippen LogP contribution in [-0.2, 0) is 5.41 Å². The summed E-state index contributed by atoms with van der Waals surface area (Å²) in [6.45, 7) is 6.95. The summed E-state index contributed by atoms with van der Waals surface area (Å²) in [6.07, 6.45) is 18.9. The second-order valence-electron chi connectivity index (χ2n) is 11.0. The van der Waals surface area contributed by atoms with Crippen LogP contribution < -0.4 is 0 Å². The third-order valence-electron chi connectivity index (χ3n) is 8.45. The van der Waals surface area contributed by atoms with Gasteiger partial charge in [0.05, 0.1) is 0 Å². The van der Waals surface area contributed by atoms with Crippen molar-refractivity contribution in [2.45, 2.75) is 116 Å². The molecule has 0 fully saturated rings. The molecule has 1 aliphatic carbocycles. The lowest BCUT2D eigenvalue weighted by molar-refractivity contribution is 0.397. The molecule has 0 spiro atoms. The molecule has 0 aliphatic heterocycles. The van der Waals surface area contributed by atoms with Gasteiger partial charge in [0.1, 0.15) is 0 Å². The average molecular weight is 534 g/mol. The van der Waals surface area contributed by atoms with Crippen LogP contribution in [0.1, 0.15) is 120 Å². The quantitative estimate of drug-likeness (QED) is 0.181. The molecule has 0 heterocycles. The Morgan fingerprint density at radius 1 is 0.629 bits per heavy atom. The molecule has 0 nitrogen and oxygen atoms in total. The highest BCUT2D eigenvalue weighted by molar-refractivity contribution is 9.10. The topological polar surface area (TPSA) is 0 Å². The number of halogens is 1. The summed E-state index contributed by atoms with van der Waals surface area (Å²) in [6, 6.07) is 18.8. The lowest BCUT2D eigenvalue weighted by atomic mass is 9.70. The third kappa shape index (κ3) is 5.71. The Kier molecular flexibility index (Phi) is 9.51. The number of benzene rings is 3. The lowest BCUT2D eigenvalue weighted by Crippen LogP contribution is -2.25. The summed E-state index contributed by atoms with van der Waals surface area (Å²) in [5.41, 5.74) is 7.78. The highest BCUT2D eigenvalue weighted by atomic mass is 79.9. The predicted octanol–water partition coefficient (Wildman–Crippen LogP) is 11.7. The molecule has 0 saturated heterocycles. The molecule has 3 aromatic carbocycles. The van der Waals surface area contributed by atoms with Gasteiger partial charge in [-0.2, -0.15) is 0 Å². The van der Waals surface area contributed by atoms with Crippen molar-refractivity contribution in [3.63, 3.8) is 0 Å². The maximum atomic E-state index is 3.85. The molecule has 0 bridgehead atoms. The van der Waals surface area contributed by atoms with E-state index in [1.165, 1.54) is 122 Å². The Hall–Kier alpha value is -1.60. The van der Waals surface area contributed by atoms with Gasteiger partial charge in [-0.05, 0) is 70.5 Å². The second-order valence-corrected chi connectivity index (χ2v) is 11.9. The summed E-state index contributed by atoms with van der Waals surface area (Å²) in [5, 5.41) is 2.86. The largest absolute Gasteiger partial charge is 0.0654 e. The summed E-state index contributed by atoms with van der Waals surface area (Å²) >= 11 is 3.85. The van der Waals surface area contributed by atoms with Crippen LogP contribution in [0.2, 0.25) is 0 Å². The fourth-order valence-electron chi connectivity index (χ4n) is 6.58. The van der Waals surface area contributed by atoms with E-state index in [0.29, 0.717) is 0 Å². The summed E-state index contributed by atoms with van der Waals surface area (Å²) < 4.78 is 1.22. The van der Waals surface area contributed by atoms with E-state index in [2.05, 4.69) is 85.2 Å².